The van der Waals surface area contributed by atoms with Gasteiger partial charge in [-0.25, -0.2) is 4.39 Å². The van der Waals surface area contributed by atoms with Crippen LogP contribution in [0.3, 0.4) is 0 Å². The Balaban J connectivity index is 1.57. The van der Waals surface area contributed by atoms with Gasteiger partial charge in [0.2, 0.25) is 11.8 Å². The largest absolute Gasteiger partial charge is 0.308 e. The van der Waals surface area contributed by atoms with Crippen LogP contribution < -0.4 is 9.80 Å². The summed E-state index contributed by atoms with van der Waals surface area (Å²) in [5, 5.41) is 8.42. The van der Waals surface area contributed by atoms with Crippen LogP contribution >= 0.6 is 0 Å². The van der Waals surface area contributed by atoms with Crippen molar-refractivity contribution in [3.05, 3.63) is 90.5 Å². The molecule has 1 aromatic heterocycles. The Morgan fingerprint density at radius 3 is 2.31 bits per heavy atom. The molecule has 0 saturated heterocycles. The summed E-state index contributed by atoms with van der Waals surface area (Å²) in [4.78, 5) is 30.1. The number of aromatic nitrogens is 3. The normalized spacial score (nSPS) is 12.8. The first-order valence-corrected chi connectivity index (χ1v) is 11.4. The standard InChI is InChI=1S/C27H24FN5O2/c1-18(2)32(19-10-4-3-5-11-19)26(35)17-31-22-14-8-9-15-23(22)33-24(16-25(31)34)29-30-27(33)20-12-6-7-13-21(20)28/h3-15,18H,16-17H2,1-2H3. The zero-order valence-corrected chi connectivity index (χ0v) is 19.4. The number of carbonyl (C=O) groups excluding carboxylic acids is 2. The van der Waals surface area contributed by atoms with Crippen LogP contribution in [0.4, 0.5) is 15.8 Å². The van der Waals surface area contributed by atoms with Crippen molar-refractivity contribution in [2.24, 2.45) is 0 Å². The van der Waals surface area contributed by atoms with E-state index < -0.39 is 5.82 Å². The van der Waals surface area contributed by atoms with Crippen LogP contribution in [0.2, 0.25) is 0 Å². The molecule has 0 spiro atoms. The molecule has 1 aliphatic rings. The molecule has 0 N–H and O–H groups in total. The molecular formula is C27H24FN5O2. The van der Waals surface area contributed by atoms with Gasteiger partial charge in [0.1, 0.15) is 18.2 Å². The summed E-state index contributed by atoms with van der Waals surface area (Å²) < 4.78 is 16.3. The fourth-order valence-electron chi connectivity index (χ4n) is 4.45. The number of benzene rings is 3. The number of anilines is 2. The van der Waals surface area contributed by atoms with Gasteiger partial charge >= 0.3 is 0 Å². The van der Waals surface area contributed by atoms with Gasteiger partial charge < -0.3 is 9.80 Å². The maximum absolute atomic E-state index is 14.6. The molecule has 0 saturated carbocycles. The van der Waals surface area contributed by atoms with Crippen molar-refractivity contribution in [1.29, 1.82) is 0 Å². The van der Waals surface area contributed by atoms with Gasteiger partial charge in [-0.15, -0.1) is 10.2 Å². The lowest BCUT2D eigenvalue weighted by molar-refractivity contribution is -0.122. The third-order valence-electron chi connectivity index (χ3n) is 5.98. The van der Waals surface area contributed by atoms with Crippen LogP contribution in [0.5, 0.6) is 0 Å². The van der Waals surface area contributed by atoms with Crippen molar-refractivity contribution >= 4 is 23.2 Å². The van der Waals surface area contributed by atoms with Crippen molar-refractivity contribution in [1.82, 2.24) is 14.8 Å². The summed E-state index contributed by atoms with van der Waals surface area (Å²) >= 11 is 0. The molecule has 35 heavy (non-hydrogen) atoms. The van der Waals surface area contributed by atoms with E-state index in [0.29, 0.717) is 23.0 Å². The number of amides is 2. The minimum Gasteiger partial charge on any atom is -0.308 e. The highest BCUT2D eigenvalue weighted by Crippen LogP contribution is 2.34. The van der Waals surface area contributed by atoms with Crippen LogP contribution in [0.15, 0.2) is 78.9 Å². The Bertz CT molecular complexity index is 1400. The molecule has 0 unspecified atom stereocenters. The van der Waals surface area contributed by atoms with Gasteiger partial charge in [0, 0.05) is 11.7 Å². The average Bonchev–Trinajstić information content (AvgIpc) is 3.21. The molecule has 0 bridgehead atoms. The highest BCUT2D eigenvalue weighted by Gasteiger charge is 2.32. The van der Waals surface area contributed by atoms with Crippen molar-refractivity contribution in [2.45, 2.75) is 26.3 Å². The Kier molecular flexibility index (Phi) is 5.86. The molecule has 4 aromatic rings. The number of hydrogen-bond acceptors (Lipinski definition) is 4. The van der Waals surface area contributed by atoms with Gasteiger partial charge in [-0.1, -0.05) is 42.5 Å². The molecule has 8 heteroatoms. The summed E-state index contributed by atoms with van der Waals surface area (Å²) in [6, 6.07) is 22.8. The van der Waals surface area contributed by atoms with Crippen molar-refractivity contribution < 1.29 is 14.0 Å². The molecule has 3 aromatic carbocycles. The van der Waals surface area contributed by atoms with Crippen LogP contribution in [-0.4, -0.2) is 39.2 Å². The molecule has 1 aliphatic heterocycles. The van der Waals surface area contributed by atoms with Crippen molar-refractivity contribution in [3.8, 4) is 17.1 Å². The van der Waals surface area contributed by atoms with Crippen LogP contribution in [0.25, 0.3) is 17.1 Å². The third kappa shape index (κ3) is 4.07. The van der Waals surface area contributed by atoms with Gasteiger partial charge in [0.15, 0.2) is 5.82 Å². The summed E-state index contributed by atoms with van der Waals surface area (Å²) in [5.41, 5.74) is 2.20. The van der Waals surface area contributed by atoms with Crippen LogP contribution in [-0.2, 0) is 16.0 Å². The Hall–Kier alpha value is -4.33. The maximum Gasteiger partial charge on any atom is 0.247 e. The van der Waals surface area contributed by atoms with E-state index >= 15 is 0 Å². The van der Waals surface area contributed by atoms with Crippen LogP contribution in [0, 0.1) is 5.82 Å². The highest BCUT2D eigenvalue weighted by atomic mass is 19.1. The molecule has 5 rings (SSSR count). The van der Waals surface area contributed by atoms with Crippen molar-refractivity contribution in [2.75, 3.05) is 16.3 Å². The van der Waals surface area contributed by atoms with E-state index in [1.54, 1.807) is 39.8 Å². The average molecular weight is 470 g/mol. The molecule has 7 nitrogen and oxygen atoms in total. The van der Waals surface area contributed by atoms with E-state index in [1.807, 2.05) is 56.3 Å². The number of halogens is 1. The zero-order chi connectivity index (χ0) is 24.5. The number of rotatable bonds is 5. The minimum absolute atomic E-state index is 0.0730. The molecule has 0 radical (unpaired) electrons. The highest BCUT2D eigenvalue weighted by molar-refractivity contribution is 6.06. The van der Waals surface area contributed by atoms with Gasteiger partial charge in [-0.05, 0) is 50.2 Å². The second kappa shape index (κ2) is 9.13. The van der Waals surface area contributed by atoms with Gasteiger partial charge in [0.25, 0.3) is 0 Å². The Morgan fingerprint density at radius 2 is 1.60 bits per heavy atom. The van der Waals surface area contributed by atoms with E-state index in [0.717, 1.165) is 5.69 Å². The fraction of sp³-hybridized carbons (Fsp3) is 0.185. The molecule has 2 heterocycles. The lowest BCUT2D eigenvalue weighted by Crippen LogP contribution is -2.46. The quantitative estimate of drug-likeness (QED) is 0.434. The molecule has 0 fully saturated rings. The molecule has 0 aliphatic carbocycles. The SMILES string of the molecule is CC(C)N(C(=O)CN1C(=O)Cc2nnc(-c3ccccc3F)n2-c2ccccc21)c1ccccc1. The van der Waals surface area contributed by atoms with Gasteiger partial charge in [-0.2, -0.15) is 0 Å². The number of carbonyl (C=O) groups is 2. The predicted molar refractivity (Wildman–Crippen MR) is 132 cm³/mol. The number of fused-ring (bicyclic) bond motifs is 3. The summed E-state index contributed by atoms with van der Waals surface area (Å²) in [6.45, 7) is 3.73. The van der Waals surface area contributed by atoms with Crippen LogP contribution in [0.1, 0.15) is 19.7 Å². The minimum atomic E-state index is -0.432. The van der Waals surface area contributed by atoms with E-state index in [4.69, 9.17) is 0 Å². The second-order valence-electron chi connectivity index (χ2n) is 8.59. The topological polar surface area (TPSA) is 71.3 Å². The number of hydrogen-bond donors (Lipinski definition) is 0. The summed E-state index contributed by atoms with van der Waals surface area (Å²) in [6.07, 6.45) is -0.0730. The van der Waals surface area contributed by atoms with E-state index in [2.05, 4.69) is 10.2 Å². The van der Waals surface area contributed by atoms with Gasteiger partial charge in [0.05, 0.1) is 23.4 Å². The van der Waals surface area contributed by atoms with E-state index in [1.165, 1.54) is 11.0 Å². The van der Waals surface area contributed by atoms with E-state index in [9.17, 15) is 14.0 Å². The first kappa shape index (κ1) is 22.5. The third-order valence-corrected chi connectivity index (χ3v) is 5.98. The Labute approximate surface area is 202 Å². The van der Waals surface area contributed by atoms with Crippen molar-refractivity contribution in [3.63, 3.8) is 0 Å². The predicted octanol–water partition coefficient (Wildman–Crippen LogP) is 4.40. The van der Waals surface area contributed by atoms with E-state index in [-0.39, 0.29) is 36.4 Å². The fourth-order valence-corrected chi connectivity index (χ4v) is 4.45. The first-order valence-electron chi connectivity index (χ1n) is 11.4. The number of nitrogens with zero attached hydrogens (tertiary/aromatic N) is 5. The Morgan fingerprint density at radius 1 is 0.943 bits per heavy atom. The maximum atomic E-state index is 14.6. The molecular weight excluding hydrogens is 445 g/mol. The molecule has 0 atom stereocenters. The summed E-state index contributed by atoms with van der Waals surface area (Å²) in [5.74, 6) is -0.229. The lowest BCUT2D eigenvalue weighted by Gasteiger charge is -2.30. The lowest BCUT2D eigenvalue weighted by atomic mass is 10.1. The smallest absolute Gasteiger partial charge is 0.247 e. The number of para-hydroxylation sites is 3. The molecule has 2 amide bonds. The zero-order valence-electron chi connectivity index (χ0n) is 19.4. The van der Waals surface area contributed by atoms with Gasteiger partial charge in [-0.3, -0.25) is 14.2 Å². The monoisotopic (exact) mass is 469 g/mol. The second-order valence-corrected chi connectivity index (χ2v) is 8.59. The molecule has 176 valence electrons. The first-order chi connectivity index (χ1) is 17.0. The summed E-state index contributed by atoms with van der Waals surface area (Å²) in [7, 11) is 0.